The Labute approximate surface area is 127 Å². The maximum Gasteiger partial charge on any atom is 0.238 e. The molecule has 0 heterocycles. The molecule has 0 fully saturated rings. The van der Waals surface area contributed by atoms with Crippen LogP contribution >= 0.6 is 0 Å². The van der Waals surface area contributed by atoms with Crippen LogP contribution in [-0.4, -0.2) is 30.4 Å². The first-order valence-electron chi connectivity index (χ1n) is 7.65. The fourth-order valence-electron chi connectivity index (χ4n) is 2.29. The zero-order valence-corrected chi connectivity index (χ0v) is 13.2. The number of anilines is 1. The molecule has 0 radical (unpaired) electrons. The van der Waals surface area contributed by atoms with E-state index in [0.29, 0.717) is 23.7 Å². The molecule has 1 amide bonds. The summed E-state index contributed by atoms with van der Waals surface area (Å²) in [6.45, 7) is 8.66. The molecule has 1 rings (SSSR count). The van der Waals surface area contributed by atoms with Gasteiger partial charge < -0.3 is 5.32 Å². The molecule has 21 heavy (non-hydrogen) atoms. The van der Waals surface area contributed by atoms with Gasteiger partial charge in [0.2, 0.25) is 5.91 Å². The highest BCUT2D eigenvalue weighted by atomic mass is 16.2. The molecule has 0 aromatic heterocycles. The molecule has 0 bridgehead atoms. The van der Waals surface area contributed by atoms with Crippen molar-refractivity contribution < 1.29 is 4.79 Å². The van der Waals surface area contributed by atoms with Gasteiger partial charge in [-0.05, 0) is 30.7 Å². The van der Waals surface area contributed by atoms with Crippen LogP contribution in [0.25, 0.3) is 0 Å². The van der Waals surface area contributed by atoms with Crippen molar-refractivity contribution in [2.45, 2.75) is 33.6 Å². The predicted octanol–water partition coefficient (Wildman–Crippen LogP) is 3.25. The smallest absolute Gasteiger partial charge is 0.238 e. The van der Waals surface area contributed by atoms with Crippen LogP contribution in [0.2, 0.25) is 0 Å². The van der Waals surface area contributed by atoms with E-state index in [9.17, 15) is 4.79 Å². The van der Waals surface area contributed by atoms with Gasteiger partial charge in [0.15, 0.2) is 0 Å². The van der Waals surface area contributed by atoms with Crippen molar-refractivity contribution in [3.63, 3.8) is 0 Å². The minimum absolute atomic E-state index is 0.0297. The van der Waals surface area contributed by atoms with Crippen molar-refractivity contribution in [3.05, 3.63) is 29.8 Å². The van der Waals surface area contributed by atoms with Crippen LogP contribution in [0.1, 0.15) is 39.2 Å². The molecule has 0 aliphatic heterocycles. The highest BCUT2D eigenvalue weighted by Crippen LogP contribution is 2.11. The molecule has 0 spiro atoms. The standard InChI is InChI=1S/C17H25N3O/c1-4-14(5-2)12-20(6-3)13-17(21)19-16-9-7-8-15(10-16)11-18/h7-10,14H,4-6,12-13H2,1-3H3,(H,19,21). The average Bonchev–Trinajstić information content (AvgIpc) is 2.51. The second-order valence-corrected chi connectivity index (χ2v) is 5.25. The number of hydrogen-bond acceptors (Lipinski definition) is 3. The van der Waals surface area contributed by atoms with Crippen molar-refractivity contribution >= 4 is 11.6 Å². The fraction of sp³-hybridized carbons (Fsp3) is 0.529. The zero-order chi connectivity index (χ0) is 15.7. The predicted molar refractivity (Wildman–Crippen MR) is 86.0 cm³/mol. The molecule has 114 valence electrons. The Morgan fingerprint density at radius 2 is 2.05 bits per heavy atom. The molecule has 0 atom stereocenters. The SMILES string of the molecule is CCC(CC)CN(CC)CC(=O)Nc1cccc(C#N)c1. The lowest BCUT2D eigenvalue weighted by atomic mass is 10.0. The first-order chi connectivity index (χ1) is 10.1. The molecule has 0 unspecified atom stereocenters. The number of carbonyl (C=O) groups excluding carboxylic acids is 1. The molecular formula is C17H25N3O. The maximum atomic E-state index is 12.1. The van der Waals surface area contributed by atoms with Crippen LogP contribution in [0.3, 0.4) is 0 Å². The Hall–Kier alpha value is -1.86. The highest BCUT2D eigenvalue weighted by Gasteiger charge is 2.13. The molecule has 0 aliphatic rings. The summed E-state index contributed by atoms with van der Waals surface area (Å²) in [6, 6.07) is 9.06. The van der Waals surface area contributed by atoms with E-state index in [4.69, 9.17) is 5.26 Å². The number of nitrogens with one attached hydrogen (secondary N) is 1. The first-order valence-corrected chi connectivity index (χ1v) is 7.65. The lowest BCUT2D eigenvalue weighted by Gasteiger charge is -2.24. The first kappa shape index (κ1) is 17.2. The molecule has 0 saturated heterocycles. The van der Waals surface area contributed by atoms with Gasteiger partial charge in [-0.3, -0.25) is 9.69 Å². The van der Waals surface area contributed by atoms with E-state index in [2.05, 4.69) is 37.1 Å². The van der Waals surface area contributed by atoms with Gasteiger partial charge in [0, 0.05) is 12.2 Å². The third kappa shape index (κ3) is 5.97. The minimum Gasteiger partial charge on any atom is -0.325 e. The Balaban J connectivity index is 2.56. The van der Waals surface area contributed by atoms with Crippen LogP contribution in [0.15, 0.2) is 24.3 Å². The normalized spacial score (nSPS) is 10.7. The Kier molecular flexibility index (Phi) is 7.49. The third-order valence-corrected chi connectivity index (χ3v) is 3.76. The van der Waals surface area contributed by atoms with Crippen LogP contribution in [-0.2, 0) is 4.79 Å². The third-order valence-electron chi connectivity index (χ3n) is 3.76. The van der Waals surface area contributed by atoms with Crippen molar-refractivity contribution in [2.75, 3.05) is 25.0 Å². The Morgan fingerprint density at radius 1 is 1.33 bits per heavy atom. The van der Waals surface area contributed by atoms with E-state index >= 15 is 0 Å². The van der Waals surface area contributed by atoms with Crippen LogP contribution in [0.5, 0.6) is 0 Å². The molecule has 4 heteroatoms. The minimum atomic E-state index is -0.0297. The molecule has 0 saturated carbocycles. The highest BCUT2D eigenvalue weighted by molar-refractivity contribution is 5.92. The molecule has 4 nitrogen and oxygen atoms in total. The fourth-order valence-corrected chi connectivity index (χ4v) is 2.29. The monoisotopic (exact) mass is 287 g/mol. The largest absolute Gasteiger partial charge is 0.325 e. The number of nitriles is 1. The molecule has 0 aliphatic carbocycles. The van der Waals surface area contributed by atoms with Gasteiger partial charge in [0.05, 0.1) is 18.2 Å². The molecule has 1 aromatic carbocycles. The van der Waals surface area contributed by atoms with E-state index in [0.717, 1.165) is 25.9 Å². The second kappa shape index (κ2) is 9.15. The molecule has 1 N–H and O–H groups in total. The van der Waals surface area contributed by atoms with Gasteiger partial charge in [-0.15, -0.1) is 0 Å². The van der Waals surface area contributed by atoms with Crippen molar-refractivity contribution in [1.29, 1.82) is 5.26 Å². The summed E-state index contributed by atoms with van der Waals surface area (Å²) in [4.78, 5) is 14.3. The maximum absolute atomic E-state index is 12.1. The zero-order valence-electron chi connectivity index (χ0n) is 13.2. The molecule has 1 aromatic rings. The number of nitrogens with zero attached hydrogens (tertiary/aromatic N) is 2. The van der Waals surface area contributed by atoms with Gasteiger partial charge in [-0.1, -0.05) is 39.7 Å². The van der Waals surface area contributed by atoms with Crippen LogP contribution in [0.4, 0.5) is 5.69 Å². The number of amides is 1. The number of rotatable bonds is 8. The second-order valence-electron chi connectivity index (χ2n) is 5.25. The summed E-state index contributed by atoms with van der Waals surface area (Å²) in [5.74, 6) is 0.609. The van der Waals surface area contributed by atoms with E-state index in [1.807, 2.05) is 0 Å². The van der Waals surface area contributed by atoms with E-state index < -0.39 is 0 Å². The Morgan fingerprint density at radius 3 is 2.62 bits per heavy atom. The summed E-state index contributed by atoms with van der Waals surface area (Å²) in [5, 5.41) is 11.7. The number of hydrogen-bond donors (Lipinski definition) is 1. The Bertz CT molecular complexity index is 489. The topological polar surface area (TPSA) is 56.1 Å². The van der Waals surface area contributed by atoms with E-state index in [1.165, 1.54) is 0 Å². The summed E-state index contributed by atoms with van der Waals surface area (Å²) >= 11 is 0. The summed E-state index contributed by atoms with van der Waals surface area (Å²) in [5.41, 5.74) is 1.23. The summed E-state index contributed by atoms with van der Waals surface area (Å²) in [7, 11) is 0. The van der Waals surface area contributed by atoms with Gasteiger partial charge in [0.25, 0.3) is 0 Å². The lowest BCUT2D eigenvalue weighted by molar-refractivity contribution is -0.117. The van der Waals surface area contributed by atoms with E-state index in [-0.39, 0.29) is 5.91 Å². The van der Waals surface area contributed by atoms with Crippen molar-refractivity contribution in [1.82, 2.24) is 4.90 Å². The average molecular weight is 287 g/mol. The van der Waals surface area contributed by atoms with Gasteiger partial charge >= 0.3 is 0 Å². The van der Waals surface area contributed by atoms with Gasteiger partial charge in [-0.25, -0.2) is 0 Å². The van der Waals surface area contributed by atoms with Crippen molar-refractivity contribution in [2.24, 2.45) is 5.92 Å². The quantitative estimate of drug-likeness (QED) is 0.798. The number of likely N-dealkylation sites (N-methyl/N-ethyl adjacent to an activating group) is 1. The summed E-state index contributed by atoms with van der Waals surface area (Å²) in [6.07, 6.45) is 2.28. The van der Waals surface area contributed by atoms with Crippen LogP contribution < -0.4 is 5.32 Å². The van der Waals surface area contributed by atoms with Crippen molar-refractivity contribution in [3.8, 4) is 6.07 Å². The lowest BCUT2D eigenvalue weighted by Crippen LogP contribution is -2.36. The number of carbonyl (C=O) groups is 1. The van der Waals surface area contributed by atoms with E-state index in [1.54, 1.807) is 24.3 Å². The van der Waals surface area contributed by atoms with Crippen LogP contribution in [0, 0.1) is 17.2 Å². The summed E-state index contributed by atoms with van der Waals surface area (Å²) < 4.78 is 0. The number of benzene rings is 1. The molecular weight excluding hydrogens is 262 g/mol. The van der Waals surface area contributed by atoms with Gasteiger partial charge in [0.1, 0.15) is 0 Å². The van der Waals surface area contributed by atoms with Gasteiger partial charge in [-0.2, -0.15) is 5.26 Å².